The third-order valence-electron chi connectivity index (χ3n) is 3.66. The summed E-state index contributed by atoms with van der Waals surface area (Å²) in [4.78, 5) is 0. The van der Waals surface area contributed by atoms with E-state index in [1.807, 2.05) is 0 Å². The first-order chi connectivity index (χ1) is 9.42. The second-order valence-electron chi connectivity index (χ2n) is 4.84. The zero-order valence-corrected chi connectivity index (χ0v) is 10.5. The molecule has 94 valence electrons. The van der Waals surface area contributed by atoms with E-state index in [0.29, 0.717) is 13.2 Å². The summed E-state index contributed by atoms with van der Waals surface area (Å²) in [7, 11) is 0. The van der Waals surface area contributed by atoms with Gasteiger partial charge in [0.2, 0.25) is 0 Å². The largest absolute Gasteiger partial charge is 0.346 e. The van der Waals surface area contributed by atoms with E-state index in [4.69, 9.17) is 9.47 Å². The Kier molecular flexibility index (Phi) is 2.50. The molecule has 0 aliphatic carbocycles. The van der Waals surface area contributed by atoms with Crippen LogP contribution in [0.2, 0.25) is 0 Å². The van der Waals surface area contributed by atoms with Crippen LogP contribution in [0.1, 0.15) is 11.9 Å². The lowest BCUT2D eigenvalue weighted by molar-refractivity contribution is -0.0429. The van der Waals surface area contributed by atoms with Crippen LogP contribution in [0.5, 0.6) is 0 Å². The van der Waals surface area contributed by atoms with Crippen LogP contribution in [-0.4, -0.2) is 13.2 Å². The minimum absolute atomic E-state index is 0.218. The summed E-state index contributed by atoms with van der Waals surface area (Å²) in [6, 6.07) is 19.2. The van der Waals surface area contributed by atoms with Crippen molar-refractivity contribution in [3.8, 4) is 0 Å². The van der Waals surface area contributed by atoms with Gasteiger partial charge in [0.25, 0.3) is 0 Å². The lowest BCUT2D eigenvalue weighted by atomic mass is 9.99. The van der Waals surface area contributed by atoms with Gasteiger partial charge < -0.3 is 9.47 Å². The predicted molar refractivity (Wildman–Crippen MR) is 76.1 cm³/mol. The monoisotopic (exact) mass is 250 g/mol. The van der Waals surface area contributed by atoms with Crippen molar-refractivity contribution in [1.29, 1.82) is 0 Å². The molecule has 0 amide bonds. The van der Waals surface area contributed by atoms with Gasteiger partial charge in [-0.3, -0.25) is 0 Å². The fraction of sp³-hybridized carbons (Fsp3) is 0.176. The molecule has 1 aliphatic rings. The normalized spacial score (nSPS) is 16.4. The summed E-state index contributed by atoms with van der Waals surface area (Å²) in [6.45, 7) is 1.35. The predicted octanol–water partition coefficient (Wildman–Crippen LogP) is 4.04. The minimum atomic E-state index is -0.218. The van der Waals surface area contributed by atoms with Gasteiger partial charge >= 0.3 is 0 Å². The first-order valence-corrected chi connectivity index (χ1v) is 6.56. The molecule has 4 rings (SSSR count). The number of benzene rings is 3. The van der Waals surface area contributed by atoms with Crippen LogP contribution in [-0.2, 0) is 9.47 Å². The second kappa shape index (κ2) is 4.34. The molecule has 2 heteroatoms. The Labute approximate surface area is 111 Å². The van der Waals surface area contributed by atoms with Gasteiger partial charge in [0.1, 0.15) is 0 Å². The van der Waals surface area contributed by atoms with Crippen LogP contribution in [0.25, 0.3) is 21.5 Å². The summed E-state index contributed by atoms with van der Waals surface area (Å²) in [5, 5.41) is 4.96. The molecule has 0 radical (unpaired) electrons. The van der Waals surface area contributed by atoms with Gasteiger partial charge in [-0.25, -0.2) is 0 Å². The number of ether oxygens (including phenoxy) is 2. The molecular formula is C17H14O2. The van der Waals surface area contributed by atoms with Gasteiger partial charge in [-0.1, -0.05) is 42.5 Å². The highest BCUT2D eigenvalue weighted by atomic mass is 16.7. The summed E-state index contributed by atoms with van der Waals surface area (Å²) < 4.78 is 11.3. The number of rotatable bonds is 1. The molecule has 1 saturated heterocycles. The summed E-state index contributed by atoms with van der Waals surface area (Å²) in [6.07, 6.45) is -0.218. The van der Waals surface area contributed by atoms with Gasteiger partial charge in [0.15, 0.2) is 6.29 Å². The Hall–Kier alpha value is -1.90. The van der Waals surface area contributed by atoms with Crippen molar-refractivity contribution in [2.75, 3.05) is 13.2 Å². The van der Waals surface area contributed by atoms with E-state index < -0.39 is 0 Å². The summed E-state index contributed by atoms with van der Waals surface area (Å²) in [5.74, 6) is 0. The Bertz CT molecular complexity index is 742. The van der Waals surface area contributed by atoms with E-state index in [1.54, 1.807) is 0 Å². The zero-order chi connectivity index (χ0) is 12.7. The molecule has 0 unspecified atom stereocenters. The maximum Gasteiger partial charge on any atom is 0.184 e. The van der Waals surface area contributed by atoms with Crippen LogP contribution in [0.3, 0.4) is 0 Å². The number of fused-ring (bicyclic) bond motifs is 2. The standard InChI is InChI=1S/C17H14O2/c1-2-5-13-11-16-14(10-12(13)4-1)6-3-7-15(16)17-18-8-9-19-17/h1-7,10-11,17H,8-9H2. The molecule has 2 nitrogen and oxygen atoms in total. The third-order valence-corrected chi connectivity index (χ3v) is 3.66. The molecule has 3 aromatic carbocycles. The summed E-state index contributed by atoms with van der Waals surface area (Å²) >= 11 is 0. The minimum Gasteiger partial charge on any atom is -0.346 e. The lowest BCUT2D eigenvalue weighted by Crippen LogP contribution is -1.98. The Morgan fingerprint density at radius 1 is 0.737 bits per heavy atom. The van der Waals surface area contributed by atoms with Crippen molar-refractivity contribution in [3.05, 3.63) is 60.2 Å². The van der Waals surface area contributed by atoms with Crippen molar-refractivity contribution in [2.24, 2.45) is 0 Å². The molecular weight excluding hydrogens is 236 g/mol. The van der Waals surface area contributed by atoms with E-state index in [9.17, 15) is 0 Å². The first-order valence-electron chi connectivity index (χ1n) is 6.56. The van der Waals surface area contributed by atoms with E-state index in [0.717, 1.165) is 5.56 Å². The molecule has 1 fully saturated rings. The van der Waals surface area contributed by atoms with Crippen LogP contribution in [0, 0.1) is 0 Å². The molecule has 0 atom stereocenters. The highest BCUT2D eigenvalue weighted by molar-refractivity contribution is 5.99. The molecule has 0 bridgehead atoms. The lowest BCUT2D eigenvalue weighted by Gasteiger charge is -2.13. The zero-order valence-electron chi connectivity index (χ0n) is 10.5. The van der Waals surface area contributed by atoms with Gasteiger partial charge in [0, 0.05) is 5.56 Å². The topological polar surface area (TPSA) is 18.5 Å². The van der Waals surface area contributed by atoms with Crippen molar-refractivity contribution in [2.45, 2.75) is 6.29 Å². The molecule has 0 spiro atoms. The molecule has 19 heavy (non-hydrogen) atoms. The van der Waals surface area contributed by atoms with Gasteiger partial charge in [-0.2, -0.15) is 0 Å². The maximum atomic E-state index is 5.64. The van der Waals surface area contributed by atoms with Crippen molar-refractivity contribution < 1.29 is 9.47 Å². The Balaban J connectivity index is 2.00. The van der Waals surface area contributed by atoms with Crippen LogP contribution in [0.15, 0.2) is 54.6 Å². The van der Waals surface area contributed by atoms with Crippen molar-refractivity contribution in [1.82, 2.24) is 0 Å². The van der Waals surface area contributed by atoms with Gasteiger partial charge in [-0.05, 0) is 33.7 Å². The van der Waals surface area contributed by atoms with Crippen LogP contribution < -0.4 is 0 Å². The van der Waals surface area contributed by atoms with Crippen molar-refractivity contribution >= 4 is 21.5 Å². The maximum absolute atomic E-state index is 5.64. The highest BCUT2D eigenvalue weighted by Crippen LogP contribution is 2.32. The SMILES string of the molecule is c1ccc2cc3c(C4OCCO4)cccc3cc2c1. The fourth-order valence-electron chi connectivity index (χ4n) is 2.73. The molecule has 0 N–H and O–H groups in total. The average molecular weight is 250 g/mol. The first kappa shape index (κ1) is 11.0. The fourth-order valence-corrected chi connectivity index (χ4v) is 2.73. The van der Waals surface area contributed by atoms with Crippen LogP contribution in [0.4, 0.5) is 0 Å². The highest BCUT2D eigenvalue weighted by Gasteiger charge is 2.20. The molecule has 0 aromatic heterocycles. The van der Waals surface area contributed by atoms with E-state index in [-0.39, 0.29) is 6.29 Å². The Morgan fingerprint density at radius 2 is 1.42 bits per heavy atom. The molecule has 0 saturated carbocycles. The Morgan fingerprint density at radius 3 is 2.21 bits per heavy atom. The number of hydrogen-bond acceptors (Lipinski definition) is 2. The number of hydrogen-bond donors (Lipinski definition) is 0. The third kappa shape index (κ3) is 1.81. The quantitative estimate of drug-likeness (QED) is 0.607. The molecule has 1 aliphatic heterocycles. The molecule has 3 aromatic rings. The van der Waals surface area contributed by atoms with E-state index in [2.05, 4.69) is 54.6 Å². The second-order valence-corrected chi connectivity index (χ2v) is 4.84. The van der Waals surface area contributed by atoms with E-state index in [1.165, 1.54) is 21.5 Å². The van der Waals surface area contributed by atoms with Gasteiger partial charge in [-0.15, -0.1) is 0 Å². The van der Waals surface area contributed by atoms with Crippen molar-refractivity contribution in [3.63, 3.8) is 0 Å². The van der Waals surface area contributed by atoms with Crippen LogP contribution >= 0.6 is 0 Å². The smallest absolute Gasteiger partial charge is 0.184 e. The van der Waals surface area contributed by atoms with Gasteiger partial charge in [0.05, 0.1) is 13.2 Å². The average Bonchev–Trinajstić information content (AvgIpc) is 2.98. The molecule has 1 heterocycles. The summed E-state index contributed by atoms with van der Waals surface area (Å²) in [5.41, 5.74) is 1.13. The van der Waals surface area contributed by atoms with E-state index >= 15 is 0 Å².